The Bertz CT molecular complexity index is 196. The molecule has 1 aliphatic rings. The van der Waals surface area contributed by atoms with Gasteiger partial charge >= 0.3 is 5.97 Å². The van der Waals surface area contributed by atoms with Gasteiger partial charge in [0.05, 0.1) is 12.5 Å². The van der Waals surface area contributed by atoms with Crippen LogP contribution in [0.15, 0.2) is 12.7 Å². The molecule has 1 rings (SSSR count). The Hall–Kier alpha value is -1.12. The van der Waals surface area contributed by atoms with Crippen molar-refractivity contribution >= 4 is 12.3 Å². The number of hydrogen-bond donors (Lipinski definition) is 0. The average Bonchev–Trinajstić information content (AvgIpc) is 2.77. The van der Waals surface area contributed by atoms with E-state index in [1.165, 1.54) is 0 Å². The van der Waals surface area contributed by atoms with Crippen molar-refractivity contribution in [1.82, 2.24) is 0 Å². The molecule has 1 aliphatic carbocycles. The van der Waals surface area contributed by atoms with Gasteiger partial charge in [0.1, 0.15) is 6.29 Å². The fraction of sp³-hybridized carbons (Fsp3) is 0.556. The SMILES string of the molecule is C=CC1C(C=O)C1C(=O)OCC. The summed E-state index contributed by atoms with van der Waals surface area (Å²) in [6, 6.07) is 0. The standard InChI is InChI=1S/C9H12O3/c1-3-6-7(5-10)8(6)9(11)12-4-2/h3,5-8H,1,4H2,2H3. The zero-order chi connectivity index (χ0) is 9.14. The third kappa shape index (κ3) is 1.40. The quantitative estimate of drug-likeness (QED) is 0.354. The van der Waals surface area contributed by atoms with Crippen molar-refractivity contribution in [2.24, 2.45) is 17.8 Å². The predicted molar refractivity (Wildman–Crippen MR) is 43.4 cm³/mol. The van der Waals surface area contributed by atoms with Crippen LogP contribution >= 0.6 is 0 Å². The summed E-state index contributed by atoms with van der Waals surface area (Å²) in [5.74, 6) is -0.734. The summed E-state index contributed by atoms with van der Waals surface area (Å²) >= 11 is 0. The molecule has 1 fully saturated rings. The van der Waals surface area contributed by atoms with Gasteiger partial charge in [0.2, 0.25) is 0 Å². The third-order valence-electron chi connectivity index (χ3n) is 2.12. The topological polar surface area (TPSA) is 43.4 Å². The highest BCUT2D eigenvalue weighted by Gasteiger charge is 2.53. The van der Waals surface area contributed by atoms with Gasteiger partial charge < -0.3 is 9.53 Å². The first-order valence-corrected chi connectivity index (χ1v) is 4.00. The van der Waals surface area contributed by atoms with E-state index in [0.717, 1.165) is 6.29 Å². The molecule has 3 heteroatoms. The maximum absolute atomic E-state index is 11.1. The fourth-order valence-electron chi connectivity index (χ4n) is 1.39. The first-order chi connectivity index (χ1) is 5.76. The zero-order valence-electron chi connectivity index (χ0n) is 7.03. The number of hydrogen-bond acceptors (Lipinski definition) is 3. The van der Waals surface area contributed by atoms with Gasteiger partial charge in [-0.3, -0.25) is 4.79 Å². The Morgan fingerprint density at radius 3 is 2.58 bits per heavy atom. The third-order valence-corrected chi connectivity index (χ3v) is 2.12. The molecular weight excluding hydrogens is 156 g/mol. The lowest BCUT2D eigenvalue weighted by atomic mass is 10.3. The number of ether oxygens (including phenoxy) is 1. The summed E-state index contributed by atoms with van der Waals surface area (Å²) in [7, 11) is 0. The van der Waals surface area contributed by atoms with Crippen molar-refractivity contribution in [2.45, 2.75) is 6.92 Å². The van der Waals surface area contributed by atoms with Crippen LogP contribution in [-0.2, 0) is 14.3 Å². The Morgan fingerprint density at radius 1 is 1.58 bits per heavy atom. The number of aldehydes is 1. The molecule has 3 nitrogen and oxygen atoms in total. The number of esters is 1. The molecule has 0 aromatic heterocycles. The molecule has 0 spiro atoms. The van der Waals surface area contributed by atoms with E-state index in [9.17, 15) is 9.59 Å². The molecule has 0 amide bonds. The van der Waals surface area contributed by atoms with Gasteiger partial charge in [0.25, 0.3) is 0 Å². The van der Waals surface area contributed by atoms with E-state index in [0.29, 0.717) is 6.61 Å². The largest absolute Gasteiger partial charge is 0.466 e. The lowest BCUT2D eigenvalue weighted by Gasteiger charge is -1.97. The van der Waals surface area contributed by atoms with Crippen molar-refractivity contribution in [3.63, 3.8) is 0 Å². The minimum atomic E-state index is -0.278. The van der Waals surface area contributed by atoms with Gasteiger partial charge in [-0.05, 0) is 6.92 Å². The van der Waals surface area contributed by atoms with Crippen LogP contribution in [0.5, 0.6) is 0 Å². The summed E-state index contributed by atoms with van der Waals surface area (Å²) in [5.41, 5.74) is 0. The molecule has 0 N–H and O–H groups in total. The molecule has 3 atom stereocenters. The molecular formula is C9H12O3. The highest BCUT2D eigenvalue weighted by atomic mass is 16.5. The first-order valence-electron chi connectivity index (χ1n) is 4.00. The first kappa shape index (κ1) is 8.97. The highest BCUT2D eigenvalue weighted by Crippen LogP contribution is 2.46. The maximum atomic E-state index is 11.1. The fourth-order valence-corrected chi connectivity index (χ4v) is 1.39. The van der Waals surface area contributed by atoms with Gasteiger partial charge in [0, 0.05) is 11.8 Å². The van der Waals surface area contributed by atoms with Crippen molar-refractivity contribution in [3.05, 3.63) is 12.7 Å². The average molecular weight is 168 g/mol. The molecule has 0 radical (unpaired) electrons. The van der Waals surface area contributed by atoms with Crippen molar-refractivity contribution in [1.29, 1.82) is 0 Å². The van der Waals surface area contributed by atoms with E-state index in [1.807, 2.05) is 0 Å². The van der Waals surface area contributed by atoms with Crippen LogP contribution in [0, 0.1) is 17.8 Å². The second-order valence-corrected chi connectivity index (χ2v) is 2.80. The molecule has 0 aromatic rings. The van der Waals surface area contributed by atoms with Crippen molar-refractivity contribution in [3.8, 4) is 0 Å². The molecule has 3 unspecified atom stereocenters. The smallest absolute Gasteiger partial charge is 0.310 e. The van der Waals surface area contributed by atoms with E-state index in [-0.39, 0.29) is 23.7 Å². The molecule has 66 valence electrons. The summed E-state index contributed by atoms with van der Waals surface area (Å²) in [6.07, 6.45) is 2.44. The molecule has 0 bridgehead atoms. The van der Waals surface area contributed by atoms with Crippen LogP contribution in [0.2, 0.25) is 0 Å². The van der Waals surface area contributed by atoms with Crippen LogP contribution in [0.1, 0.15) is 6.92 Å². The van der Waals surface area contributed by atoms with Gasteiger partial charge in [-0.15, -0.1) is 6.58 Å². The molecule has 0 saturated heterocycles. The summed E-state index contributed by atoms with van der Waals surface area (Å²) in [5, 5.41) is 0. The Kier molecular flexibility index (Phi) is 2.63. The predicted octanol–water partition coefficient (Wildman–Crippen LogP) is 0.797. The summed E-state index contributed by atoms with van der Waals surface area (Å²) in [4.78, 5) is 21.5. The van der Waals surface area contributed by atoms with Gasteiger partial charge in [-0.2, -0.15) is 0 Å². The molecule has 0 aliphatic heterocycles. The van der Waals surface area contributed by atoms with Crippen LogP contribution in [0.4, 0.5) is 0 Å². The van der Waals surface area contributed by atoms with Crippen molar-refractivity contribution < 1.29 is 14.3 Å². The Balaban J connectivity index is 2.49. The van der Waals surface area contributed by atoms with E-state index >= 15 is 0 Å². The van der Waals surface area contributed by atoms with Gasteiger partial charge in [-0.1, -0.05) is 6.08 Å². The summed E-state index contributed by atoms with van der Waals surface area (Å²) < 4.78 is 4.78. The highest BCUT2D eigenvalue weighted by molar-refractivity contribution is 5.83. The van der Waals surface area contributed by atoms with Crippen molar-refractivity contribution in [2.75, 3.05) is 6.61 Å². The maximum Gasteiger partial charge on any atom is 0.310 e. The summed E-state index contributed by atoms with van der Waals surface area (Å²) in [6.45, 7) is 5.66. The van der Waals surface area contributed by atoms with Crippen LogP contribution in [-0.4, -0.2) is 18.9 Å². The lowest BCUT2D eigenvalue weighted by molar-refractivity contribution is -0.145. The monoisotopic (exact) mass is 168 g/mol. The Labute approximate surface area is 71.4 Å². The van der Waals surface area contributed by atoms with E-state index in [2.05, 4.69) is 6.58 Å². The second-order valence-electron chi connectivity index (χ2n) is 2.80. The van der Waals surface area contributed by atoms with Crippen LogP contribution < -0.4 is 0 Å². The van der Waals surface area contributed by atoms with E-state index < -0.39 is 0 Å². The number of allylic oxidation sites excluding steroid dienone is 1. The normalized spacial score (nSPS) is 32.2. The molecule has 0 heterocycles. The minimum absolute atomic E-state index is 0.00144. The zero-order valence-corrected chi connectivity index (χ0v) is 7.03. The van der Waals surface area contributed by atoms with E-state index in [4.69, 9.17) is 4.74 Å². The van der Waals surface area contributed by atoms with Crippen LogP contribution in [0.3, 0.4) is 0 Å². The molecule has 12 heavy (non-hydrogen) atoms. The lowest BCUT2D eigenvalue weighted by Crippen LogP contribution is -2.08. The van der Waals surface area contributed by atoms with Crippen LogP contribution in [0.25, 0.3) is 0 Å². The van der Waals surface area contributed by atoms with Gasteiger partial charge in [-0.25, -0.2) is 0 Å². The van der Waals surface area contributed by atoms with E-state index in [1.54, 1.807) is 13.0 Å². The van der Waals surface area contributed by atoms with Gasteiger partial charge in [0.15, 0.2) is 0 Å². The number of carbonyl (C=O) groups excluding carboxylic acids is 2. The second kappa shape index (κ2) is 3.52. The molecule has 0 aromatic carbocycles. The minimum Gasteiger partial charge on any atom is -0.466 e. The molecule has 1 saturated carbocycles. The number of rotatable bonds is 4. The number of carbonyl (C=O) groups is 2. The Morgan fingerprint density at radius 2 is 2.25 bits per heavy atom.